The molecule has 1 aromatic carbocycles. The molecule has 0 saturated carbocycles. The molecule has 3 aliphatic heterocycles. The SMILES string of the molecule is Cn1c2nc(OC[C@@]34CCCN3C[C@H](F)C4)nc(N3CCOC[C@@](C)(O)C3)c2c2ccnc(-c3c(C(F)F)c(Cl)cc4[nH]ncc34)c21. The molecule has 0 amide bonds. The number of hydrogen-bond acceptors (Lipinski definition) is 9. The minimum absolute atomic E-state index is 0.102. The Kier molecular flexibility index (Phi) is 7.28. The van der Waals surface area contributed by atoms with E-state index in [1.54, 1.807) is 30.8 Å². The number of β-amino-alcohol motifs (C(OH)–C–C–N with tert-alkyl or cyclic N) is 1. The predicted molar refractivity (Wildman–Crippen MR) is 171 cm³/mol. The lowest BCUT2D eigenvalue weighted by atomic mass is 9.95. The summed E-state index contributed by atoms with van der Waals surface area (Å²) in [6.07, 6.45) is 1.45. The molecule has 0 bridgehead atoms. The zero-order valence-electron chi connectivity index (χ0n) is 25.9. The van der Waals surface area contributed by atoms with Gasteiger partial charge >= 0.3 is 6.01 Å². The predicted octanol–water partition coefficient (Wildman–Crippen LogP) is 5.19. The third-order valence-electron chi connectivity index (χ3n) is 9.87. The number of nitrogens with zero attached hydrogens (tertiary/aromatic N) is 7. The van der Waals surface area contributed by atoms with Gasteiger partial charge in [-0.25, -0.2) is 13.2 Å². The van der Waals surface area contributed by atoms with E-state index in [1.807, 2.05) is 4.90 Å². The summed E-state index contributed by atoms with van der Waals surface area (Å²) in [5.74, 6) is 0.503. The number of benzene rings is 1. The molecule has 0 unspecified atom stereocenters. The van der Waals surface area contributed by atoms with Gasteiger partial charge in [-0.1, -0.05) is 11.6 Å². The van der Waals surface area contributed by atoms with Gasteiger partial charge in [-0.3, -0.25) is 15.0 Å². The molecule has 4 aromatic heterocycles. The number of hydrogen-bond donors (Lipinski definition) is 2. The van der Waals surface area contributed by atoms with Gasteiger partial charge in [0.05, 0.1) is 58.6 Å². The minimum atomic E-state index is -2.88. The molecule has 3 aliphatic rings. The maximum Gasteiger partial charge on any atom is 0.320 e. The van der Waals surface area contributed by atoms with Gasteiger partial charge in [-0.2, -0.15) is 15.1 Å². The Labute approximate surface area is 272 Å². The van der Waals surface area contributed by atoms with Crippen molar-refractivity contribution < 1.29 is 27.8 Å². The van der Waals surface area contributed by atoms with Crippen LogP contribution in [0, 0.1) is 0 Å². The Morgan fingerprint density at radius 2 is 2.11 bits per heavy atom. The molecule has 0 aliphatic carbocycles. The van der Waals surface area contributed by atoms with Crippen LogP contribution in [0.4, 0.5) is 19.0 Å². The molecule has 0 spiro atoms. The van der Waals surface area contributed by atoms with Crippen LogP contribution in [0.15, 0.2) is 24.5 Å². The summed E-state index contributed by atoms with van der Waals surface area (Å²) in [5, 5.41) is 19.7. The summed E-state index contributed by atoms with van der Waals surface area (Å²) in [6.45, 7) is 4.30. The summed E-state index contributed by atoms with van der Waals surface area (Å²) in [4.78, 5) is 18.5. The van der Waals surface area contributed by atoms with Crippen molar-refractivity contribution in [2.45, 2.75) is 49.9 Å². The lowest BCUT2D eigenvalue weighted by Crippen LogP contribution is -2.44. The van der Waals surface area contributed by atoms with E-state index in [0.717, 1.165) is 19.4 Å². The molecular formula is C32H34ClF3N8O3. The van der Waals surface area contributed by atoms with E-state index in [1.165, 1.54) is 12.3 Å². The molecule has 0 radical (unpaired) electrons. The van der Waals surface area contributed by atoms with Crippen molar-refractivity contribution in [3.8, 4) is 17.3 Å². The zero-order valence-corrected chi connectivity index (χ0v) is 26.7. The first-order valence-corrected chi connectivity index (χ1v) is 16.1. The number of aryl methyl sites for hydroxylation is 1. The van der Waals surface area contributed by atoms with Crippen molar-refractivity contribution in [2.24, 2.45) is 7.05 Å². The number of aromatic nitrogens is 6. The van der Waals surface area contributed by atoms with Crippen LogP contribution >= 0.6 is 11.6 Å². The Balaban J connectivity index is 1.35. The van der Waals surface area contributed by atoms with Gasteiger partial charge in [0, 0.05) is 54.7 Å². The number of halogens is 4. The van der Waals surface area contributed by atoms with Gasteiger partial charge in [0.2, 0.25) is 0 Å². The number of ether oxygens (including phenoxy) is 2. The Hall–Kier alpha value is -3.72. The van der Waals surface area contributed by atoms with Crippen molar-refractivity contribution in [3.63, 3.8) is 0 Å². The number of anilines is 1. The second-order valence-electron chi connectivity index (χ2n) is 13.3. The molecule has 3 atom stereocenters. The number of fused-ring (bicyclic) bond motifs is 5. The molecule has 3 saturated heterocycles. The van der Waals surface area contributed by atoms with Crippen molar-refractivity contribution >= 4 is 50.3 Å². The largest absolute Gasteiger partial charge is 0.461 e. The zero-order chi connectivity index (χ0) is 32.7. The first-order valence-electron chi connectivity index (χ1n) is 15.7. The lowest BCUT2D eigenvalue weighted by molar-refractivity contribution is -0.0123. The molecule has 8 rings (SSSR count). The van der Waals surface area contributed by atoms with E-state index < -0.39 is 23.7 Å². The Morgan fingerprint density at radius 1 is 1.26 bits per heavy atom. The van der Waals surface area contributed by atoms with E-state index in [-0.39, 0.29) is 47.6 Å². The highest BCUT2D eigenvalue weighted by molar-refractivity contribution is 6.33. The first kappa shape index (κ1) is 30.6. The summed E-state index contributed by atoms with van der Waals surface area (Å²) >= 11 is 6.43. The fraction of sp³-hybridized carbons (Fsp3) is 0.500. The summed E-state index contributed by atoms with van der Waals surface area (Å²) in [5.41, 5.74) is 0.0505. The number of alkyl halides is 3. The quantitative estimate of drug-likeness (QED) is 0.252. The van der Waals surface area contributed by atoms with Crippen LogP contribution in [0.5, 0.6) is 6.01 Å². The average molecular weight is 671 g/mol. The van der Waals surface area contributed by atoms with Crippen molar-refractivity contribution in [1.29, 1.82) is 0 Å². The topological polar surface area (TPSA) is 117 Å². The van der Waals surface area contributed by atoms with E-state index in [2.05, 4.69) is 20.1 Å². The Morgan fingerprint density at radius 3 is 2.94 bits per heavy atom. The van der Waals surface area contributed by atoms with E-state index in [0.29, 0.717) is 64.8 Å². The van der Waals surface area contributed by atoms with Gasteiger partial charge in [0.25, 0.3) is 6.43 Å². The van der Waals surface area contributed by atoms with Gasteiger partial charge in [0.1, 0.15) is 29.8 Å². The fourth-order valence-electron chi connectivity index (χ4n) is 7.85. The molecule has 47 heavy (non-hydrogen) atoms. The second kappa shape index (κ2) is 11.2. The normalized spacial score (nSPS) is 25.4. The van der Waals surface area contributed by atoms with Crippen LogP contribution in [0.25, 0.3) is 44.1 Å². The van der Waals surface area contributed by atoms with Gasteiger partial charge in [-0.05, 0) is 38.4 Å². The first-order chi connectivity index (χ1) is 22.6. The van der Waals surface area contributed by atoms with Crippen LogP contribution < -0.4 is 9.64 Å². The van der Waals surface area contributed by atoms with Crippen LogP contribution in [-0.4, -0.2) is 103 Å². The van der Waals surface area contributed by atoms with E-state index >= 15 is 0 Å². The van der Waals surface area contributed by atoms with Crippen LogP contribution in [0.1, 0.15) is 38.2 Å². The number of aliphatic hydroxyl groups is 1. The van der Waals surface area contributed by atoms with Crippen molar-refractivity contribution in [2.75, 3.05) is 50.9 Å². The molecule has 3 fully saturated rings. The Bertz CT molecular complexity index is 2020. The highest BCUT2D eigenvalue weighted by Crippen LogP contribution is 2.46. The maximum absolute atomic E-state index is 14.7. The van der Waals surface area contributed by atoms with Crippen LogP contribution in [0.3, 0.4) is 0 Å². The smallest absolute Gasteiger partial charge is 0.320 e. The number of H-pyrrole nitrogens is 1. The van der Waals surface area contributed by atoms with Crippen LogP contribution in [0.2, 0.25) is 5.02 Å². The van der Waals surface area contributed by atoms with E-state index in [4.69, 9.17) is 31.0 Å². The monoisotopic (exact) mass is 670 g/mol. The number of nitrogens with one attached hydrogen (secondary N) is 1. The molecule has 248 valence electrons. The minimum Gasteiger partial charge on any atom is -0.461 e. The summed E-state index contributed by atoms with van der Waals surface area (Å²) in [6, 6.07) is 3.35. The third kappa shape index (κ3) is 4.99. The summed E-state index contributed by atoms with van der Waals surface area (Å²) in [7, 11) is 1.79. The maximum atomic E-state index is 14.7. The van der Waals surface area contributed by atoms with Gasteiger partial charge in [0.15, 0.2) is 0 Å². The second-order valence-corrected chi connectivity index (χ2v) is 13.7. The van der Waals surface area contributed by atoms with Crippen molar-refractivity contribution in [3.05, 3.63) is 35.1 Å². The highest BCUT2D eigenvalue weighted by Gasteiger charge is 2.49. The summed E-state index contributed by atoms with van der Waals surface area (Å²) < 4.78 is 57.7. The molecule has 11 nitrogen and oxygen atoms in total. The standard InChI is InChI=1S/C32H34ClF3N8O3/c1-31(45)14-43(8-9-46-15-31)29-23-18-4-6-37-25(22-19-12-38-41-21(19)10-20(33)24(22)27(35)36)26(18)42(2)28(23)39-30(40-29)47-16-32-5-3-7-44(32)13-17(34)11-32/h4,6,10,12,17,27,45H,3,5,7-9,11,13-16H2,1-2H3,(H,38,41)/t17-,31+,32+/m1/s1. The fourth-order valence-corrected chi connectivity index (χ4v) is 8.14. The van der Waals surface area contributed by atoms with Gasteiger partial charge in [-0.15, -0.1) is 0 Å². The van der Waals surface area contributed by atoms with Crippen LogP contribution in [-0.2, 0) is 11.8 Å². The third-order valence-corrected chi connectivity index (χ3v) is 10.2. The molecular weight excluding hydrogens is 637 g/mol. The number of aromatic amines is 1. The average Bonchev–Trinajstić information content (AvgIpc) is 3.75. The molecule has 7 heterocycles. The number of rotatable bonds is 6. The van der Waals surface area contributed by atoms with E-state index in [9.17, 15) is 18.3 Å². The van der Waals surface area contributed by atoms with Gasteiger partial charge < -0.3 is 24.0 Å². The number of pyridine rings is 1. The highest BCUT2D eigenvalue weighted by atomic mass is 35.5. The lowest BCUT2D eigenvalue weighted by Gasteiger charge is -2.31. The molecule has 2 N–H and O–H groups in total. The molecule has 15 heteroatoms. The molecule has 5 aromatic rings. The van der Waals surface area contributed by atoms with Crippen molar-refractivity contribution in [1.82, 2.24) is 34.6 Å².